The Hall–Kier alpha value is -1.89. The molecular formula is C14H21N5O2. The number of ether oxygens (including phenoxy) is 1. The highest BCUT2D eigenvalue weighted by Crippen LogP contribution is 2.40. The van der Waals surface area contributed by atoms with Crippen LogP contribution in [-0.4, -0.2) is 48.7 Å². The highest BCUT2D eigenvalue weighted by atomic mass is 16.5. The highest BCUT2D eigenvalue weighted by molar-refractivity contribution is 5.85. The van der Waals surface area contributed by atoms with Crippen LogP contribution in [0.25, 0.3) is 0 Å². The second kappa shape index (κ2) is 5.48. The largest absolute Gasteiger partial charge is 0.383 e. The maximum Gasteiger partial charge on any atom is 0.244 e. The van der Waals surface area contributed by atoms with Crippen LogP contribution in [0.1, 0.15) is 30.1 Å². The average Bonchev–Trinajstić information content (AvgIpc) is 3.34. The topological polar surface area (TPSA) is 93.4 Å². The minimum Gasteiger partial charge on any atom is -0.383 e. The van der Waals surface area contributed by atoms with E-state index in [0.29, 0.717) is 31.5 Å². The molecule has 0 spiro atoms. The van der Waals surface area contributed by atoms with Gasteiger partial charge in [0.2, 0.25) is 5.91 Å². The monoisotopic (exact) mass is 291 g/mol. The van der Waals surface area contributed by atoms with Crippen molar-refractivity contribution in [3.05, 3.63) is 11.4 Å². The van der Waals surface area contributed by atoms with Gasteiger partial charge in [-0.05, 0) is 19.8 Å². The summed E-state index contributed by atoms with van der Waals surface area (Å²) in [5.41, 5.74) is 6.87. The summed E-state index contributed by atoms with van der Waals surface area (Å²) < 4.78 is 5.44. The van der Waals surface area contributed by atoms with E-state index in [-0.39, 0.29) is 11.9 Å². The van der Waals surface area contributed by atoms with Crippen LogP contribution in [-0.2, 0) is 9.53 Å². The van der Waals surface area contributed by atoms with Gasteiger partial charge in [-0.15, -0.1) is 0 Å². The third kappa shape index (κ3) is 2.65. The normalized spacial score (nSPS) is 22.2. The number of hydrogen-bond donors (Lipinski definition) is 2. The molecule has 1 saturated carbocycles. The van der Waals surface area contributed by atoms with E-state index >= 15 is 0 Å². The van der Waals surface area contributed by atoms with Crippen molar-refractivity contribution in [1.29, 1.82) is 0 Å². The van der Waals surface area contributed by atoms with E-state index in [0.717, 1.165) is 30.0 Å². The number of carbonyl (C=O) groups is 1. The SMILES string of the molecule is CNC(=O)C1COCCN1c1nc(C2CC2)nc(N)c1C. The van der Waals surface area contributed by atoms with Crippen molar-refractivity contribution in [2.45, 2.75) is 31.7 Å². The second-order valence-corrected chi connectivity index (χ2v) is 5.59. The molecule has 21 heavy (non-hydrogen) atoms. The van der Waals surface area contributed by atoms with Gasteiger partial charge >= 0.3 is 0 Å². The molecule has 1 amide bonds. The number of morpholine rings is 1. The summed E-state index contributed by atoms with van der Waals surface area (Å²) in [6.07, 6.45) is 2.23. The Balaban J connectivity index is 1.98. The predicted molar refractivity (Wildman–Crippen MR) is 79.2 cm³/mol. The number of nitrogens with two attached hydrogens (primary N) is 1. The Kier molecular flexibility index (Phi) is 3.67. The zero-order valence-corrected chi connectivity index (χ0v) is 12.4. The van der Waals surface area contributed by atoms with Crippen molar-refractivity contribution >= 4 is 17.5 Å². The summed E-state index contributed by atoms with van der Waals surface area (Å²) in [6, 6.07) is -0.371. The van der Waals surface area contributed by atoms with Crippen LogP contribution >= 0.6 is 0 Å². The third-order valence-electron chi connectivity index (χ3n) is 4.07. The number of hydrogen-bond acceptors (Lipinski definition) is 6. The van der Waals surface area contributed by atoms with Gasteiger partial charge in [0.1, 0.15) is 23.5 Å². The molecule has 1 aliphatic heterocycles. The standard InChI is InChI=1S/C14H21N5O2/c1-8-11(15)17-12(9-3-4-9)18-13(8)19-5-6-21-7-10(19)14(20)16-2/h9-10H,3-7H2,1-2H3,(H,16,20)(H2,15,17,18). The Morgan fingerprint density at radius 3 is 2.86 bits per heavy atom. The molecule has 1 saturated heterocycles. The van der Waals surface area contributed by atoms with Gasteiger partial charge in [0.25, 0.3) is 0 Å². The van der Waals surface area contributed by atoms with Crippen molar-refractivity contribution in [2.24, 2.45) is 0 Å². The molecule has 0 bridgehead atoms. The minimum absolute atomic E-state index is 0.0701. The van der Waals surface area contributed by atoms with Crippen LogP contribution in [0.15, 0.2) is 0 Å². The van der Waals surface area contributed by atoms with Crippen molar-refractivity contribution in [3.8, 4) is 0 Å². The first-order chi connectivity index (χ1) is 10.1. The summed E-state index contributed by atoms with van der Waals surface area (Å²) in [6.45, 7) is 3.47. The number of anilines is 2. The zero-order valence-electron chi connectivity index (χ0n) is 12.4. The molecule has 7 nitrogen and oxygen atoms in total. The molecular weight excluding hydrogens is 270 g/mol. The van der Waals surface area contributed by atoms with Gasteiger partial charge in [-0.1, -0.05) is 0 Å². The van der Waals surface area contributed by atoms with Crippen LogP contribution in [0.4, 0.5) is 11.6 Å². The molecule has 2 fully saturated rings. The summed E-state index contributed by atoms with van der Waals surface area (Å²) >= 11 is 0. The van der Waals surface area contributed by atoms with Gasteiger partial charge in [0.05, 0.1) is 13.2 Å². The van der Waals surface area contributed by atoms with Crippen molar-refractivity contribution < 1.29 is 9.53 Å². The third-order valence-corrected chi connectivity index (χ3v) is 4.07. The Labute approximate surface area is 123 Å². The molecule has 0 radical (unpaired) electrons. The number of nitrogens with zero attached hydrogens (tertiary/aromatic N) is 3. The summed E-state index contributed by atoms with van der Waals surface area (Å²) in [7, 11) is 1.63. The highest BCUT2D eigenvalue weighted by Gasteiger charge is 2.33. The second-order valence-electron chi connectivity index (χ2n) is 5.59. The van der Waals surface area contributed by atoms with Gasteiger partial charge in [0.15, 0.2) is 0 Å². The Morgan fingerprint density at radius 1 is 1.43 bits per heavy atom. The Morgan fingerprint density at radius 2 is 2.19 bits per heavy atom. The predicted octanol–water partition coefficient (Wildman–Crippen LogP) is 0.196. The van der Waals surface area contributed by atoms with Gasteiger partial charge in [-0.25, -0.2) is 9.97 Å². The molecule has 3 rings (SSSR count). The molecule has 1 atom stereocenters. The molecule has 0 aromatic carbocycles. The first kappa shape index (κ1) is 14.1. The molecule has 1 aliphatic carbocycles. The van der Waals surface area contributed by atoms with E-state index in [9.17, 15) is 4.79 Å². The zero-order chi connectivity index (χ0) is 15.0. The number of likely N-dealkylation sites (N-methyl/N-ethyl adjacent to an activating group) is 1. The van der Waals surface area contributed by atoms with Crippen molar-refractivity contribution in [2.75, 3.05) is 37.4 Å². The number of nitrogens with one attached hydrogen (secondary N) is 1. The molecule has 114 valence electrons. The van der Waals surface area contributed by atoms with Crippen LogP contribution in [0.5, 0.6) is 0 Å². The molecule has 1 unspecified atom stereocenters. The van der Waals surface area contributed by atoms with E-state index in [1.807, 2.05) is 11.8 Å². The first-order valence-electron chi connectivity index (χ1n) is 7.31. The number of amides is 1. The van der Waals surface area contributed by atoms with Crippen LogP contribution in [0.3, 0.4) is 0 Å². The first-order valence-corrected chi connectivity index (χ1v) is 7.31. The van der Waals surface area contributed by atoms with Gasteiger partial charge in [-0.2, -0.15) is 0 Å². The fourth-order valence-corrected chi connectivity index (χ4v) is 2.58. The van der Waals surface area contributed by atoms with Gasteiger partial charge in [-0.3, -0.25) is 4.79 Å². The Bertz CT molecular complexity index is 559. The van der Waals surface area contributed by atoms with Crippen LogP contribution < -0.4 is 16.0 Å². The molecule has 2 aliphatic rings. The fourth-order valence-electron chi connectivity index (χ4n) is 2.58. The van der Waals surface area contributed by atoms with E-state index in [1.165, 1.54) is 0 Å². The lowest BCUT2D eigenvalue weighted by Crippen LogP contribution is -2.54. The van der Waals surface area contributed by atoms with Crippen LogP contribution in [0, 0.1) is 6.92 Å². The maximum atomic E-state index is 12.1. The van der Waals surface area contributed by atoms with Crippen molar-refractivity contribution in [3.63, 3.8) is 0 Å². The smallest absolute Gasteiger partial charge is 0.244 e. The lowest BCUT2D eigenvalue weighted by molar-refractivity contribution is -0.124. The number of aromatic nitrogens is 2. The average molecular weight is 291 g/mol. The number of nitrogen functional groups attached to an aromatic ring is 1. The molecule has 1 aromatic rings. The minimum atomic E-state index is -0.371. The molecule has 3 N–H and O–H groups in total. The van der Waals surface area contributed by atoms with Crippen LogP contribution in [0.2, 0.25) is 0 Å². The number of rotatable bonds is 3. The van der Waals surface area contributed by atoms with Gasteiger partial charge in [0, 0.05) is 25.1 Å². The van der Waals surface area contributed by atoms with E-state index in [2.05, 4.69) is 15.3 Å². The van der Waals surface area contributed by atoms with Crippen molar-refractivity contribution in [1.82, 2.24) is 15.3 Å². The molecule has 1 aromatic heterocycles. The van der Waals surface area contributed by atoms with E-state index < -0.39 is 0 Å². The number of carbonyl (C=O) groups excluding carboxylic acids is 1. The maximum absolute atomic E-state index is 12.1. The quantitative estimate of drug-likeness (QED) is 0.826. The van der Waals surface area contributed by atoms with E-state index in [4.69, 9.17) is 10.5 Å². The lowest BCUT2D eigenvalue weighted by Gasteiger charge is -2.36. The summed E-state index contributed by atoms with van der Waals surface area (Å²) in [5, 5.41) is 2.68. The molecule has 7 heteroatoms. The lowest BCUT2D eigenvalue weighted by atomic mass is 10.1. The summed E-state index contributed by atoms with van der Waals surface area (Å²) in [5.74, 6) is 2.42. The van der Waals surface area contributed by atoms with E-state index in [1.54, 1.807) is 7.05 Å². The molecule has 2 heterocycles. The fraction of sp³-hybridized carbons (Fsp3) is 0.643. The van der Waals surface area contributed by atoms with Gasteiger partial charge < -0.3 is 20.7 Å². The summed E-state index contributed by atoms with van der Waals surface area (Å²) in [4.78, 5) is 23.1.